The molecule has 0 saturated carbocycles. The highest BCUT2D eigenvalue weighted by Gasteiger charge is 2.21. The Balaban J connectivity index is 1.65. The molecule has 3 rings (SSSR count). The number of rotatable bonds is 6. The molecule has 0 radical (unpaired) electrons. The molecule has 0 saturated heterocycles. The molecule has 0 aliphatic carbocycles. The number of amides is 1. The van der Waals surface area contributed by atoms with Gasteiger partial charge in [-0.25, -0.2) is 13.9 Å². The van der Waals surface area contributed by atoms with Crippen LogP contribution in [0.2, 0.25) is 0 Å². The number of nitrogens with one attached hydrogen (secondary N) is 1. The first-order valence-corrected chi connectivity index (χ1v) is 8.40. The van der Waals surface area contributed by atoms with Crippen LogP contribution >= 0.6 is 0 Å². The van der Waals surface area contributed by atoms with Crippen LogP contribution in [0, 0.1) is 12.7 Å². The van der Waals surface area contributed by atoms with E-state index in [1.165, 1.54) is 23.9 Å². The Morgan fingerprint density at radius 1 is 1.18 bits per heavy atom. The fourth-order valence-electron chi connectivity index (χ4n) is 2.43. The largest absolute Gasteiger partial charge is 0.493 e. The predicted molar refractivity (Wildman–Crippen MR) is 100 cm³/mol. The number of hydrogen-bond donors (Lipinski definition) is 1. The molecule has 7 nitrogen and oxygen atoms in total. The molecule has 3 aromatic rings. The Morgan fingerprint density at radius 3 is 2.61 bits per heavy atom. The van der Waals surface area contributed by atoms with Crippen molar-refractivity contribution in [3.63, 3.8) is 0 Å². The summed E-state index contributed by atoms with van der Waals surface area (Å²) in [5.74, 6) is -1.63. The molecule has 1 amide bonds. The first-order chi connectivity index (χ1) is 13.5. The highest BCUT2D eigenvalue weighted by Crippen LogP contribution is 2.20. The molecule has 144 valence electrons. The van der Waals surface area contributed by atoms with E-state index in [1.54, 1.807) is 19.2 Å². The van der Waals surface area contributed by atoms with Gasteiger partial charge in [-0.1, -0.05) is 24.3 Å². The summed E-state index contributed by atoms with van der Waals surface area (Å²) in [5.41, 5.74) is 1.42. The molecule has 2 aromatic carbocycles. The molecule has 1 aromatic heterocycles. The van der Waals surface area contributed by atoms with Crippen molar-refractivity contribution >= 4 is 17.6 Å². The maximum Gasteiger partial charge on any atom is 0.363 e. The third-order valence-corrected chi connectivity index (χ3v) is 3.90. The van der Waals surface area contributed by atoms with Crippen LogP contribution in [0.25, 0.3) is 5.69 Å². The molecule has 0 aliphatic heterocycles. The van der Waals surface area contributed by atoms with Gasteiger partial charge in [0.15, 0.2) is 12.4 Å². The third-order valence-electron chi connectivity index (χ3n) is 3.90. The van der Waals surface area contributed by atoms with Crippen molar-refractivity contribution in [1.29, 1.82) is 0 Å². The lowest BCUT2D eigenvalue weighted by atomic mass is 10.2. The van der Waals surface area contributed by atoms with Gasteiger partial charge in [-0.15, -0.1) is 0 Å². The quantitative estimate of drug-likeness (QED) is 0.662. The number of ether oxygens (including phenoxy) is 2. The van der Waals surface area contributed by atoms with Gasteiger partial charge < -0.3 is 14.8 Å². The summed E-state index contributed by atoms with van der Waals surface area (Å²) >= 11 is 0. The Hall–Kier alpha value is -3.68. The summed E-state index contributed by atoms with van der Waals surface area (Å²) in [6, 6.07) is 13.4. The van der Waals surface area contributed by atoms with Crippen molar-refractivity contribution in [3.8, 4) is 11.4 Å². The molecular weight excluding hydrogens is 365 g/mol. The minimum atomic E-state index is -0.809. The smallest absolute Gasteiger partial charge is 0.363 e. The van der Waals surface area contributed by atoms with E-state index >= 15 is 0 Å². The van der Waals surface area contributed by atoms with Crippen LogP contribution in [0.1, 0.15) is 16.1 Å². The monoisotopic (exact) mass is 383 g/mol. The maximum absolute atomic E-state index is 13.5. The number of para-hydroxylation sites is 1. The molecule has 28 heavy (non-hydrogen) atoms. The number of methoxy groups -OCH3 is 1. The van der Waals surface area contributed by atoms with Crippen molar-refractivity contribution in [2.24, 2.45) is 0 Å². The number of carbonyl (C=O) groups excluding carboxylic acids is 2. The summed E-state index contributed by atoms with van der Waals surface area (Å²) in [5, 5.41) is 6.63. The predicted octanol–water partition coefficient (Wildman–Crippen LogP) is 3.12. The van der Waals surface area contributed by atoms with Gasteiger partial charge in [0, 0.05) is 5.69 Å². The molecule has 0 fully saturated rings. The summed E-state index contributed by atoms with van der Waals surface area (Å²) < 4.78 is 25.2. The van der Waals surface area contributed by atoms with Crippen LogP contribution < -0.4 is 10.1 Å². The first kappa shape index (κ1) is 19.1. The molecule has 0 unspecified atom stereocenters. The molecule has 0 spiro atoms. The molecule has 8 heteroatoms. The molecule has 0 aliphatic rings. The van der Waals surface area contributed by atoms with E-state index in [9.17, 15) is 14.0 Å². The Bertz CT molecular complexity index is 1000. The zero-order chi connectivity index (χ0) is 20.1. The fraction of sp³-hybridized carbons (Fsp3) is 0.150. The second-order valence-electron chi connectivity index (χ2n) is 5.91. The summed E-state index contributed by atoms with van der Waals surface area (Å²) in [7, 11) is 1.40. The Morgan fingerprint density at radius 2 is 1.93 bits per heavy atom. The van der Waals surface area contributed by atoms with Crippen molar-refractivity contribution in [3.05, 3.63) is 71.8 Å². The Labute approximate surface area is 160 Å². The van der Waals surface area contributed by atoms with Gasteiger partial charge in [-0.3, -0.25) is 4.79 Å². The van der Waals surface area contributed by atoms with Crippen LogP contribution in [0.4, 0.5) is 10.1 Å². The van der Waals surface area contributed by atoms with Crippen LogP contribution in [-0.4, -0.2) is 35.4 Å². The number of carbonyl (C=O) groups is 2. The van der Waals surface area contributed by atoms with Gasteiger partial charge in [0.1, 0.15) is 5.82 Å². The topological polar surface area (TPSA) is 82.5 Å². The number of esters is 1. The average molecular weight is 383 g/mol. The van der Waals surface area contributed by atoms with Crippen LogP contribution in [0.3, 0.4) is 0 Å². The third kappa shape index (κ3) is 4.35. The lowest BCUT2D eigenvalue weighted by Crippen LogP contribution is -2.21. The number of aryl methyl sites for hydroxylation is 1. The van der Waals surface area contributed by atoms with E-state index in [2.05, 4.69) is 10.4 Å². The number of anilines is 1. The van der Waals surface area contributed by atoms with Crippen LogP contribution in [0.15, 0.2) is 54.7 Å². The minimum Gasteiger partial charge on any atom is -0.493 e. The lowest BCUT2D eigenvalue weighted by Gasteiger charge is -2.07. The van der Waals surface area contributed by atoms with Crippen molar-refractivity contribution in [2.75, 3.05) is 19.0 Å². The first-order valence-electron chi connectivity index (χ1n) is 8.40. The van der Waals surface area contributed by atoms with E-state index in [1.807, 2.05) is 30.3 Å². The van der Waals surface area contributed by atoms with Crippen LogP contribution in [-0.2, 0) is 9.53 Å². The Kier molecular flexibility index (Phi) is 5.69. The van der Waals surface area contributed by atoms with Crippen LogP contribution in [0.5, 0.6) is 5.75 Å². The van der Waals surface area contributed by atoms with Gasteiger partial charge in [0.25, 0.3) is 5.91 Å². The van der Waals surface area contributed by atoms with Crippen molar-refractivity contribution in [1.82, 2.24) is 9.78 Å². The van der Waals surface area contributed by atoms with Gasteiger partial charge >= 0.3 is 5.97 Å². The number of benzene rings is 2. The molecular formula is C20H18FN3O4. The summed E-state index contributed by atoms with van der Waals surface area (Å²) in [6.07, 6.45) is 1.54. The number of nitrogens with zero attached hydrogens (tertiary/aromatic N) is 2. The second kappa shape index (κ2) is 8.34. The van der Waals surface area contributed by atoms with Gasteiger partial charge in [0.2, 0.25) is 5.69 Å². The number of aromatic nitrogens is 2. The zero-order valence-electron chi connectivity index (χ0n) is 15.3. The van der Waals surface area contributed by atoms with E-state index in [-0.39, 0.29) is 17.1 Å². The number of halogens is 1. The lowest BCUT2D eigenvalue weighted by molar-refractivity contribution is -0.119. The molecule has 0 atom stereocenters. The highest BCUT2D eigenvalue weighted by molar-refractivity contribution is 5.95. The van der Waals surface area contributed by atoms with Crippen molar-refractivity contribution in [2.45, 2.75) is 6.92 Å². The summed E-state index contributed by atoms with van der Waals surface area (Å²) in [6.45, 7) is 1.07. The standard InChI is InChI=1S/C20H18FN3O4/c1-13-8-9-14(10-16(13)21)22-18(25)12-28-20(26)19-17(27-2)11-24(23-19)15-6-4-3-5-7-15/h3-11H,12H2,1-2H3,(H,22,25). The average Bonchev–Trinajstić information content (AvgIpc) is 3.14. The van der Waals surface area contributed by atoms with E-state index < -0.39 is 24.3 Å². The van der Waals surface area contributed by atoms with Gasteiger partial charge in [-0.2, -0.15) is 5.10 Å². The number of hydrogen-bond acceptors (Lipinski definition) is 5. The van der Waals surface area contributed by atoms with Crippen molar-refractivity contribution < 1.29 is 23.5 Å². The van der Waals surface area contributed by atoms with E-state index in [4.69, 9.17) is 9.47 Å². The fourth-order valence-corrected chi connectivity index (χ4v) is 2.43. The summed E-state index contributed by atoms with van der Waals surface area (Å²) in [4.78, 5) is 24.3. The zero-order valence-corrected chi connectivity index (χ0v) is 15.3. The normalized spacial score (nSPS) is 10.4. The van der Waals surface area contributed by atoms with E-state index in [0.717, 1.165) is 5.69 Å². The second-order valence-corrected chi connectivity index (χ2v) is 5.91. The maximum atomic E-state index is 13.5. The molecule has 1 N–H and O–H groups in total. The highest BCUT2D eigenvalue weighted by atomic mass is 19.1. The van der Waals surface area contributed by atoms with E-state index in [0.29, 0.717) is 5.56 Å². The SMILES string of the molecule is COc1cn(-c2ccccc2)nc1C(=O)OCC(=O)Nc1ccc(C)c(F)c1. The molecule has 1 heterocycles. The molecule has 0 bridgehead atoms. The van der Waals surface area contributed by atoms with Gasteiger partial charge in [0.05, 0.1) is 19.0 Å². The van der Waals surface area contributed by atoms with Gasteiger partial charge in [-0.05, 0) is 36.8 Å². The minimum absolute atomic E-state index is 0.0551.